The maximum atomic E-state index is 12.0. The van der Waals surface area contributed by atoms with E-state index in [1.165, 1.54) is 0 Å². The van der Waals surface area contributed by atoms with E-state index in [1.54, 1.807) is 6.08 Å². The van der Waals surface area contributed by atoms with Crippen LogP contribution in [-0.4, -0.2) is 22.2 Å². The summed E-state index contributed by atoms with van der Waals surface area (Å²) in [5.41, 5.74) is 0.350. The van der Waals surface area contributed by atoms with Crippen molar-refractivity contribution in [3.05, 3.63) is 22.8 Å². The predicted octanol–water partition coefficient (Wildman–Crippen LogP) is 5.44. The highest BCUT2D eigenvalue weighted by Crippen LogP contribution is 2.39. The van der Waals surface area contributed by atoms with E-state index in [1.807, 2.05) is 27.7 Å². The van der Waals surface area contributed by atoms with Gasteiger partial charge >= 0.3 is 11.9 Å². The summed E-state index contributed by atoms with van der Waals surface area (Å²) in [5, 5.41) is 19.4. The van der Waals surface area contributed by atoms with Gasteiger partial charge in [-0.25, -0.2) is 9.59 Å². The summed E-state index contributed by atoms with van der Waals surface area (Å²) in [5.74, 6) is -2.34. The van der Waals surface area contributed by atoms with Crippen LogP contribution in [0.4, 0.5) is 0 Å². The molecule has 138 valence electrons. The third-order valence-corrected chi connectivity index (χ3v) is 4.27. The van der Waals surface area contributed by atoms with Crippen LogP contribution < -0.4 is 0 Å². The molecular formula is C20H34O4. The van der Waals surface area contributed by atoms with E-state index in [9.17, 15) is 19.8 Å². The molecule has 0 bridgehead atoms. The highest BCUT2D eigenvalue weighted by Gasteiger charge is 2.32. The Bertz CT molecular complexity index is 496. The molecule has 0 amide bonds. The second-order valence-corrected chi connectivity index (χ2v) is 7.38. The molecular weight excluding hydrogens is 304 g/mol. The van der Waals surface area contributed by atoms with E-state index in [0.717, 1.165) is 37.7 Å². The number of rotatable bonds is 11. The minimum atomic E-state index is -1.17. The Morgan fingerprint density at radius 1 is 1.00 bits per heavy atom. The van der Waals surface area contributed by atoms with Gasteiger partial charge in [-0.3, -0.25) is 0 Å². The molecule has 0 atom stereocenters. The zero-order chi connectivity index (χ0) is 18.9. The number of hydrogen-bond donors (Lipinski definition) is 2. The van der Waals surface area contributed by atoms with Crippen LogP contribution in [0, 0.1) is 11.3 Å². The first-order chi connectivity index (χ1) is 11.1. The molecule has 0 aliphatic rings. The number of hydrogen-bond acceptors (Lipinski definition) is 2. The Morgan fingerprint density at radius 2 is 1.54 bits per heavy atom. The molecule has 0 saturated carbocycles. The van der Waals surface area contributed by atoms with Gasteiger partial charge in [-0.15, -0.1) is 0 Å². The fraction of sp³-hybridized carbons (Fsp3) is 0.700. The Morgan fingerprint density at radius 3 is 1.92 bits per heavy atom. The second kappa shape index (κ2) is 10.3. The van der Waals surface area contributed by atoms with Crippen LogP contribution in [0.2, 0.25) is 0 Å². The fourth-order valence-corrected chi connectivity index (χ4v) is 2.93. The van der Waals surface area contributed by atoms with Gasteiger partial charge in [0.1, 0.15) is 0 Å². The zero-order valence-electron chi connectivity index (χ0n) is 16.1. The molecule has 0 aromatic carbocycles. The van der Waals surface area contributed by atoms with Crippen LogP contribution in [0.25, 0.3) is 0 Å². The van der Waals surface area contributed by atoms with E-state index in [0.29, 0.717) is 6.42 Å². The molecule has 2 N–H and O–H groups in total. The highest BCUT2D eigenvalue weighted by molar-refractivity contribution is 6.06. The van der Waals surface area contributed by atoms with Gasteiger partial charge in [0.15, 0.2) is 0 Å². The van der Waals surface area contributed by atoms with Gasteiger partial charge in [-0.05, 0) is 36.2 Å². The van der Waals surface area contributed by atoms with Gasteiger partial charge in [0.2, 0.25) is 0 Å². The number of aliphatic carboxylic acids is 2. The second-order valence-electron chi connectivity index (χ2n) is 7.38. The number of unbranched alkanes of at least 4 members (excludes halogenated alkanes) is 2. The van der Waals surface area contributed by atoms with E-state index in [2.05, 4.69) is 13.8 Å². The smallest absolute Gasteiger partial charge is 0.336 e. The van der Waals surface area contributed by atoms with Gasteiger partial charge in [-0.2, -0.15) is 0 Å². The van der Waals surface area contributed by atoms with E-state index in [4.69, 9.17) is 0 Å². The molecule has 0 aliphatic carbocycles. The summed E-state index contributed by atoms with van der Waals surface area (Å²) in [4.78, 5) is 23.7. The topological polar surface area (TPSA) is 74.6 Å². The van der Waals surface area contributed by atoms with Crippen molar-refractivity contribution in [1.29, 1.82) is 0 Å². The molecule has 0 spiro atoms. The van der Waals surface area contributed by atoms with Crippen LogP contribution in [-0.2, 0) is 9.59 Å². The third kappa shape index (κ3) is 6.90. The van der Waals surface area contributed by atoms with Gasteiger partial charge < -0.3 is 10.2 Å². The van der Waals surface area contributed by atoms with E-state index in [-0.39, 0.29) is 22.5 Å². The Labute approximate surface area is 146 Å². The Hall–Kier alpha value is -1.58. The number of carboxylic acids is 2. The molecule has 4 heteroatoms. The molecule has 24 heavy (non-hydrogen) atoms. The van der Waals surface area contributed by atoms with Gasteiger partial charge in [0.05, 0.1) is 11.1 Å². The van der Waals surface area contributed by atoms with Crippen LogP contribution >= 0.6 is 0 Å². The third-order valence-electron chi connectivity index (χ3n) is 4.27. The lowest BCUT2D eigenvalue weighted by atomic mass is 9.74. The van der Waals surface area contributed by atoms with Crippen LogP contribution in [0.1, 0.15) is 80.1 Å². The Kier molecular flexibility index (Phi) is 9.64. The summed E-state index contributed by atoms with van der Waals surface area (Å²) in [6.45, 7) is 11.9. The first kappa shape index (κ1) is 22.4. The molecule has 0 radical (unpaired) electrons. The molecule has 4 nitrogen and oxygen atoms in total. The normalized spacial score (nSPS) is 13.9. The number of carbonyl (C=O) groups is 2. The van der Waals surface area contributed by atoms with Crippen molar-refractivity contribution in [2.45, 2.75) is 80.1 Å². The van der Waals surface area contributed by atoms with Crippen molar-refractivity contribution in [2.75, 3.05) is 0 Å². The molecule has 0 aromatic heterocycles. The van der Waals surface area contributed by atoms with Crippen molar-refractivity contribution in [3.63, 3.8) is 0 Å². The van der Waals surface area contributed by atoms with Crippen LogP contribution in [0.15, 0.2) is 22.8 Å². The summed E-state index contributed by atoms with van der Waals surface area (Å²) in [7, 11) is 0. The lowest BCUT2D eigenvalue weighted by Crippen LogP contribution is -2.23. The molecule has 0 rings (SSSR count). The molecule has 0 unspecified atom stereocenters. The first-order valence-corrected chi connectivity index (χ1v) is 9.00. The quantitative estimate of drug-likeness (QED) is 0.388. The largest absolute Gasteiger partial charge is 0.478 e. The first-order valence-electron chi connectivity index (χ1n) is 9.00. The summed E-state index contributed by atoms with van der Waals surface area (Å²) >= 11 is 0. The van der Waals surface area contributed by atoms with Gasteiger partial charge in [0, 0.05) is 0 Å². The van der Waals surface area contributed by atoms with Crippen molar-refractivity contribution < 1.29 is 19.8 Å². The standard InChI is InChI=1S/C20H34O4/c1-7-9-11-16(20(5,6)12-10-8-2)17(19(23)24)15(18(21)22)13-14(3)4/h13-14H,7-12H2,1-6H3,(H,21,22)(H,23,24). The van der Waals surface area contributed by atoms with Crippen molar-refractivity contribution in [2.24, 2.45) is 11.3 Å². The molecule has 0 heterocycles. The lowest BCUT2D eigenvalue weighted by molar-refractivity contribution is -0.136. The average Bonchev–Trinajstić information content (AvgIpc) is 2.46. The van der Waals surface area contributed by atoms with Gasteiger partial charge in [0.25, 0.3) is 0 Å². The maximum Gasteiger partial charge on any atom is 0.336 e. The van der Waals surface area contributed by atoms with Crippen molar-refractivity contribution in [1.82, 2.24) is 0 Å². The lowest BCUT2D eigenvalue weighted by Gasteiger charge is -2.30. The van der Waals surface area contributed by atoms with E-state index >= 15 is 0 Å². The maximum absolute atomic E-state index is 12.0. The van der Waals surface area contributed by atoms with E-state index < -0.39 is 11.9 Å². The van der Waals surface area contributed by atoms with Crippen LogP contribution in [0.3, 0.4) is 0 Å². The fourth-order valence-electron chi connectivity index (χ4n) is 2.93. The molecule has 0 aromatic rings. The molecule has 0 aliphatic heterocycles. The van der Waals surface area contributed by atoms with Crippen molar-refractivity contribution in [3.8, 4) is 0 Å². The summed E-state index contributed by atoms with van der Waals surface area (Å²) in [6.07, 6.45) is 6.85. The predicted molar refractivity (Wildman–Crippen MR) is 98.0 cm³/mol. The van der Waals surface area contributed by atoms with Crippen LogP contribution in [0.5, 0.6) is 0 Å². The zero-order valence-corrected chi connectivity index (χ0v) is 16.1. The van der Waals surface area contributed by atoms with Crippen molar-refractivity contribution >= 4 is 11.9 Å². The summed E-state index contributed by atoms with van der Waals surface area (Å²) in [6, 6.07) is 0. The average molecular weight is 338 g/mol. The molecule has 0 saturated heterocycles. The SMILES string of the molecule is CCCCC(=C(C(=O)O)C(=CC(C)C)C(=O)O)C(C)(C)CCCC. The van der Waals surface area contributed by atoms with Gasteiger partial charge in [-0.1, -0.05) is 66.9 Å². The minimum absolute atomic E-state index is 0.00856. The number of allylic oxidation sites excluding steroid dienone is 2. The molecule has 0 fully saturated rings. The number of carboxylic acid groups (broad SMARTS) is 2. The minimum Gasteiger partial charge on any atom is -0.478 e. The summed E-state index contributed by atoms with van der Waals surface area (Å²) < 4.78 is 0. The highest BCUT2D eigenvalue weighted by atomic mass is 16.4. The Balaban J connectivity index is 6.38. The monoisotopic (exact) mass is 338 g/mol.